The van der Waals surface area contributed by atoms with Crippen LogP contribution in [0.4, 0.5) is 0 Å². The van der Waals surface area contributed by atoms with Crippen LogP contribution in [0.25, 0.3) is 0 Å². The summed E-state index contributed by atoms with van der Waals surface area (Å²) < 4.78 is 3.93. The zero-order chi connectivity index (χ0) is 35.5. The molecule has 3 heteroatoms. The molecular weight excluding hydrogens is 751 g/mol. The zero-order valence-electron chi connectivity index (χ0n) is 32.9. The number of allylic oxidation sites excluding steroid dienone is 16. The second kappa shape index (κ2) is 12.9. The van der Waals surface area contributed by atoms with Gasteiger partial charge in [-0.3, -0.25) is 0 Å². The maximum Gasteiger partial charge on any atom is -0.147 e. The van der Waals surface area contributed by atoms with E-state index in [1.807, 2.05) is 0 Å². The van der Waals surface area contributed by atoms with Crippen molar-refractivity contribution in [2.24, 2.45) is 43.8 Å². The van der Waals surface area contributed by atoms with Crippen LogP contribution in [0, 0.1) is 57.7 Å². The molecule has 0 bridgehead atoms. The molecule has 2 saturated carbocycles. The van der Waals surface area contributed by atoms with Gasteiger partial charge >= 0.3 is 312 Å². The molecule has 0 amide bonds. The van der Waals surface area contributed by atoms with Crippen molar-refractivity contribution in [2.75, 3.05) is 0 Å². The Morgan fingerprint density at radius 2 is 1.06 bits per heavy atom. The van der Waals surface area contributed by atoms with Gasteiger partial charge in [-0.25, -0.2) is 0 Å². The van der Waals surface area contributed by atoms with Gasteiger partial charge in [0.05, 0.1) is 0 Å². The summed E-state index contributed by atoms with van der Waals surface area (Å²) in [4.78, 5) is 0. The number of rotatable bonds is 4. The molecule has 9 unspecified atom stereocenters. The molecule has 0 aromatic heterocycles. The molecule has 8 rings (SSSR count). The monoisotopic (exact) mass is 806 g/mol. The maximum absolute atomic E-state index is 2.94. The van der Waals surface area contributed by atoms with Crippen molar-refractivity contribution in [2.45, 2.75) is 79.3 Å². The Morgan fingerprint density at radius 1 is 0.577 bits per heavy atom. The van der Waals surface area contributed by atoms with Crippen LogP contribution in [-0.2, 0) is 21.3 Å². The van der Waals surface area contributed by atoms with E-state index in [0.717, 1.165) is 6.42 Å². The Bertz CT molecular complexity index is 2020. The first-order chi connectivity index (χ1) is 23.7. The second-order valence-corrected chi connectivity index (χ2v) is 24.2. The second-order valence-electron chi connectivity index (χ2n) is 17.9. The van der Waals surface area contributed by atoms with Crippen LogP contribution in [0.3, 0.4) is 0 Å². The largest absolute Gasteiger partial charge is 0.147 e. The van der Waals surface area contributed by atoms with Gasteiger partial charge in [0.2, 0.25) is 0 Å². The summed E-state index contributed by atoms with van der Waals surface area (Å²) in [5, 5.41) is 0. The molecule has 6 aliphatic carbocycles. The van der Waals surface area contributed by atoms with E-state index >= 15 is 0 Å². The SMILES string of the molecule is CC1=CC=CC2[CH]([Zr]([C]3=CC=CC3)=[C](c3ccc(C)cc3)c3ccc(C)cc3)C3(C)C4(C)C=CC=CC4(C)C4(C)C=CC=CC4(C)C3(C)C12C.Cl.Cl. The Labute approximate surface area is 334 Å². The van der Waals surface area contributed by atoms with Crippen LogP contribution in [0.1, 0.15) is 84.1 Å². The van der Waals surface area contributed by atoms with Crippen LogP contribution in [0.2, 0.25) is 3.63 Å². The Hall–Kier alpha value is -2.31. The van der Waals surface area contributed by atoms with Crippen molar-refractivity contribution in [3.8, 4) is 0 Å². The summed E-state index contributed by atoms with van der Waals surface area (Å²) in [5.41, 5.74) is 6.46. The average molecular weight is 809 g/mol. The molecule has 0 aliphatic heterocycles. The molecule has 52 heavy (non-hydrogen) atoms. The summed E-state index contributed by atoms with van der Waals surface area (Å²) >= 11 is -2.94. The Balaban J connectivity index is 0.00000232. The average Bonchev–Trinajstić information content (AvgIpc) is 3.69. The maximum atomic E-state index is 2.81. The van der Waals surface area contributed by atoms with Crippen molar-refractivity contribution in [1.29, 1.82) is 0 Å². The molecule has 0 N–H and O–H groups in total. The first-order valence-corrected chi connectivity index (χ1v) is 22.9. The van der Waals surface area contributed by atoms with Gasteiger partial charge in [-0.05, 0) is 0 Å². The van der Waals surface area contributed by atoms with Crippen LogP contribution in [0.5, 0.6) is 0 Å². The molecule has 9 atom stereocenters. The summed E-state index contributed by atoms with van der Waals surface area (Å²) in [5.74, 6) is 0.420. The number of aryl methyl sites for hydroxylation is 2. The van der Waals surface area contributed by atoms with E-state index < -0.39 is 21.3 Å². The first kappa shape index (κ1) is 39.4. The van der Waals surface area contributed by atoms with Gasteiger partial charge in [0.15, 0.2) is 0 Å². The fourth-order valence-corrected chi connectivity index (χ4v) is 24.5. The molecule has 2 aromatic rings. The van der Waals surface area contributed by atoms with Crippen molar-refractivity contribution < 1.29 is 21.3 Å². The normalized spacial score (nSPS) is 40.0. The van der Waals surface area contributed by atoms with E-state index in [2.05, 4.69) is 203 Å². The Kier molecular flexibility index (Phi) is 9.76. The van der Waals surface area contributed by atoms with Gasteiger partial charge in [-0.2, -0.15) is 0 Å². The predicted molar refractivity (Wildman–Crippen MR) is 225 cm³/mol. The predicted octanol–water partition coefficient (Wildman–Crippen LogP) is 13.4. The number of halogens is 2. The molecule has 0 nitrogen and oxygen atoms in total. The van der Waals surface area contributed by atoms with Crippen molar-refractivity contribution in [1.82, 2.24) is 0 Å². The van der Waals surface area contributed by atoms with Crippen molar-refractivity contribution in [3.05, 3.63) is 165 Å². The minimum absolute atomic E-state index is 0. The smallest absolute Gasteiger partial charge is 0.147 e. The van der Waals surface area contributed by atoms with E-state index in [-0.39, 0.29) is 62.7 Å². The third-order valence-corrected chi connectivity index (χ3v) is 26.1. The Morgan fingerprint density at radius 3 is 1.56 bits per heavy atom. The fraction of sp³-hybridized carbons (Fsp3) is 0.408. The van der Waals surface area contributed by atoms with E-state index in [4.69, 9.17) is 0 Å². The van der Waals surface area contributed by atoms with Crippen molar-refractivity contribution in [3.63, 3.8) is 0 Å². The topological polar surface area (TPSA) is 0 Å². The van der Waals surface area contributed by atoms with E-state index in [9.17, 15) is 0 Å². The zero-order valence-corrected chi connectivity index (χ0v) is 37.0. The minimum atomic E-state index is -2.94. The van der Waals surface area contributed by atoms with E-state index in [1.165, 1.54) is 22.3 Å². The van der Waals surface area contributed by atoms with E-state index in [0.29, 0.717) is 9.54 Å². The molecular formula is C49H58Cl2Zr. The number of hydrogen-bond donors (Lipinski definition) is 0. The number of hydrogen-bond acceptors (Lipinski definition) is 0. The van der Waals surface area contributed by atoms with Crippen LogP contribution < -0.4 is 0 Å². The molecule has 0 heterocycles. The van der Waals surface area contributed by atoms with Gasteiger partial charge in [0.25, 0.3) is 0 Å². The number of fused-ring (bicyclic) bond motifs is 8. The summed E-state index contributed by atoms with van der Waals surface area (Å²) in [6.45, 7) is 25.8. The molecule has 272 valence electrons. The molecule has 6 aliphatic rings. The molecule has 2 aromatic carbocycles. The molecule has 0 spiro atoms. The fourth-order valence-electron chi connectivity index (χ4n) is 13.3. The van der Waals surface area contributed by atoms with Gasteiger partial charge < -0.3 is 0 Å². The van der Waals surface area contributed by atoms with Crippen LogP contribution in [0.15, 0.2) is 142 Å². The molecule has 0 radical (unpaired) electrons. The van der Waals surface area contributed by atoms with Crippen LogP contribution in [-0.4, -0.2) is 3.21 Å². The van der Waals surface area contributed by atoms with Crippen LogP contribution >= 0.6 is 24.8 Å². The van der Waals surface area contributed by atoms with Gasteiger partial charge in [-0.15, -0.1) is 24.8 Å². The first-order valence-electron chi connectivity index (χ1n) is 19.0. The molecule has 2 fully saturated rings. The van der Waals surface area contributed by atoms with Gasteiger partial charge in [-0.1, -0.05) is 0 Å². The van der Waals surface area contributed by atoms with Gasteiger partial charge in [0, 0.05) is 0 Å². The van der Waals surface area contributed by atoms with E-state index in [1.54, 1.807) is 12.1 Å². The summed E-state index contributed by atoms with van der Waals surface area (Å²) in [6.07, 6.45) is 36.2. The summed E-state index contributed by atoms with van der Waals surface area (Å²) in [6, 6.07) is 19.2. The van der Waals surface area contributed by atoms with Crippen molar-refractivity contribution >= 4 is 28.0 Å². The quantitative estimate of drug-likeness (QED) is 0.289. The minimum Gasteiger partial charge on any atom is -0.147 e. The molecule has 0 saturated heterocycles. The summed E-state index contributed by atoms with van der Waals surface area (Å²) in [7, 11) is 0. The van der Waals surface area contributed by atoms with Gasteiger partial charge in [0.1, 0.15) is 0 Å². The third-order valence-electron chi connectivity index (χ3n) is 16.9. The standard InChI is InChI=1S/C29H37.C15H14.C5H5.2ClH.Zr/c1-21-14-13-15-22-20-27(6)25(4)18-10-9-16-23(25,2)24(3)17-11-12-19-26(24,5)29(27,8)28(21,22)7;1-12-3-7-14(8-4-12)11-15-9-5-13(2)6-10-15;1-2-4-5-3-1;;;/h9-20,22H,1-8H3;3-10H,1-2H3;1-3H,4H2;2*1H;. The third kappa shape index (κ3) is 4.40. The number of benzene rings is 2.